The molecule has 1 atom stereocenters. The summed E-state index contributed by atoms with van der Waals surface area (Å²) in [4.78, 5) is 15.3. The Bertz CT molecular complexity index is 985. The van der Waals surface area contributed by atoms with Gasteiger partial charge >= 0.3 is 0 Å². The van der Waals surface area contributed by atoms with Gasteiger partial charge in [0.25, 0.3) is 0 Å². The zero-order chi connectivity index (χ0) is 21.6. The van der Waals surface area contributed by atoms with Gasteiger partial charge in [-0.2, -0.15) is 0 Å². The number of rotatable bonds is 10. The predicted molar refractivity (Wildman–Crippen MR) is 125 cm³/mol. The Balaban J connectivity index is 1.43. The Hall–Kier alpha value is -2.60. The van der Waals surface area contributed by atoms with Crippen molar-refractivity contribution in [2.24, 2.45) is 5.92 Å². The van der Waals surface area contributed by atoms with E-state index in [1.165, 1.54) is 35.7 Å². The summed E-state index contributed by atoms with van der Waals surface area (Å²) in [6, 6.07) is 20.8. The highest BCUT2D eigenvalue weighted by molar-refractivity contribution is 7.99. The van der Waals surface area contributed by atoms with Gasteiger partial charge in [-0.15, -0.1) is 10.2 Å². The summed E-state index contributed by atoms with van der Waals surface area (Å²) in [5, 5.41) is 9.63. The molecule has 31 heavy (non-hydrogen) atoms. The first kappa shape index (κ1) is 21.6. The minimum atomic E-state index is 0.170. The molecule has 1 amide bonds. The molecule has 1 unspecified atom stereocenters. The molecular weight excluding hydrogens is 404 g/mol. The van der Waals surface area contributed by atoms with Crippen molar-refractivity contribution in [3.63, 3.8) is 0 Å². The van der Waals surface area contributed by atoms with Crippen LogP contribution in [0.15, 0.2) is 65.8 Å². The van der Waals surface area contributed by atoms with Crippen molar-refractivity contribution in [1.29, 1.82) is 0 Å². The van der Waals surface area contributed by atoms with Gasteiger partial charge in [0.15, 0.2) is 5.16 Å². The standard InChI is InChI=1S/C25H30N4OS/c1-3-28-23(16-20-10-6-4-7-11-20)26-27-25(28)31-18-24(30)29(19(2)22-14-15-22)17-21-12-8-5-9-13-21/h4-13,19,22H,3,14-18H2,1-2H3. The summed E-state index contributed by atoms with van der Waals surface area (Å²) in [7, 11) is 0. The van der Waals surface area contributed by atoms with Gasteiger partial charge in [-0.1, -0.05) is 72.4 Å². The second kappa shape index (κ2) is 10.1. The van der Waals surface area contributed by atoms with E-state index in [1.807, 2.05) is 36.4 Å². The van der Waals surface area contributed by atoms with E-state index in [9.17, 15) is 4.79 Å². The number of hydrogen-bond donors (Lipinski definition) is 0. The first-order chi connectivity index (χ1) is 15.2. The lowest BCUT2D eigenvalue weighted by Crippen LogP contribution is -2.40. The van der Waals surface area contributed by atoms with Gasteiger partial charge in [0.2, 0.25) is 5.91 Å². The number of nitrogens with zero attached hydrogens (tertiary/aromatic N) is 4. The molecule has 3 aromatic rings. The highest BCUT2D eigenvalue weighted by atomic mass is 32.2. The van der Waals surface area contributed by atoms with Crippen LogP contribution in [0.4, 0.5) is 0 Å². The van der Waals surface area contributed by atoms with Crippen LogP contribution in [0, 0.1) is 5.92 Å². The predicted octanol–water partition coefficient (Wildman–Crippen LogP) is 4.81. The van der Waals surface area contributed by atoms with Crippen LogP contribution in [0.3, 0.4) is 0 Å². The van der Waals surface area contributed by atoms with Gasteiger partial charge in [0, 0.05) is 25.6 Å². The molecule has 1 aromatic heterocycles. The topological polar surface area (TPSA) is 51.0 Å². The minimum absolute atomic E-state index is 0.170. The minimum Gasteiger partial charge on any atom is -0.335 e. The van der Waals surface area contributed by atoms with Crippen molar-refractivity contribution in [3.05, 3.63) is 77.6 Å². The number of thioether (sulfide) groups is 1. The summed E-state index contributed by atoms with van der Waals surface area (Å²) in [6.07, 6.45) is 3.19. The summed E-state index contributed by atoms with van der Waals surface area (Å²) >= 11 is 1.50. The lowest BCUT2D eigenvalue weighted by atomic mass is 10.1. The Labute approximate surface area is 188 Å². The monoisotopic (exact) mass is 434 g/mol. The lowest BCUT2D eigenvalue weighted by Gasteiger charge is -2.29. The second-order valence-corrected chi connectivity index (χ2v) is 9.12. The van der Waals surface area contributed by atoms with Crippen molar-refractivity contribution < 1.29 is 4.79 Å². The van der Waals surface area contributed by atoms with E-state index >= 15 is 0 Å². The van der Waals surface area contributed by atoms with Crippen molar-refractivity contribution in [1.82, 2.24) is 19.7 Å². The van der Waals surface area contributed by atoms with Gasteiger partial charge in [-0.3, -0.25) is 4.79 Å². The average Bonchev–Trinajstić information content (AvgIpc) is 3.58. The normalized spacial score (nSPS) is 14.4. The first-order valence-corrected chi connectivity index (χ1v) is 12.1. The van der Waals surface area contributed by atoms with E-state index in [0.29, 0.717) is 18.2 Å². The van der Waals surface area contributed by atoms with Crippen LogP contribution in [0.5, 0.6) is 0 Å². The van der Waals surface area contributed by atoms with Gasteiger partial charge in [-0.25, -0.2) is 0 Å². The molecule has 6 heteroatoms. The van der Waals surface area contributed by atoms with Gasteiger partial charge in [0.05, 0.1) is 5.75 Å². The third-order valence-electron chi connectivity index (χ3n) is 5.95. The number of hydrogen-bond acceptors (Lipinski definition) is 4. The molecule has 2 aromatic carbocycles. The lowest BCUT2D eigenvalue weighted by molar-refractivity contribution is -0.131. The summed E-state index contributed by atoms with van der Waals surface area (Å²) in [5.74, 6) is 2.13. The van der Waals surface area contributed by atoms with Crippen LogP contribution in [0.25, 0.3) is 0 Å². The molecule has 1 saturated carbocycles. The molecule has 0 bridgehead atoms. The van der Waals surface area contributed by atoms with E-state index in [4.69, 9.17) is 0 Å². The number of aromatic nitrogens is 3. The third kappa shape index (κ3) is 5.56. The molecule has 0 N–H and O–H groups in total. The fourth-order valence-electron chi connectivity index (χ4n) is 3.93. The quantitative estimate of drug-likeness (QED) is 0.430. The number of amides is 1. The zero-order valence-electron chi connectivity index (χ0n) is 18.3. The highest BCUT2D eigenvalue weighted by Gasteiger charge is 2.34. The molecule has 0 radical (unpaired) electrons. The number of carbonyl (C=O) groups is 1. The Morgan fingerprint density at radius 2 is 1.71 bits per heavy atom. The fraction of sp³-hybridized carbons (Fsp3) is 0.400. The maximum absolute atomic E-state index is 13.2. The fourth-order valence-corrected chi connectivity index (χ4v) is 4.84. The maximum Gasteiger partial charge on any atom is 0.233 e. The van der Waals surface area contributed by atoms with E-state index in [2.05, 4.69) is 57.8 Å². The van der Waals surface area contributed by atoms with Gasteiger partial charge in [0.1, 0.15) is 5.82 Å². The summed E-state index contributed by atoms with van der Waals surface area (Å²) < 4.78 is 2.12. The van der Waals surface area contributed by atoms with Crippen LogP contribution < -0.4 is 0 Å². The van der Waals surface area contributed by atoms with E-state index in [1.54, 1.807) is 0 Å². The van der Waals surface area contributed by atoms with Crippen LogP contribution in [-0.2, 0) is 24.3 Å². The van der Waals surface area contributed by atoms with E-state index in [-0.39, 0.29) is 11.9 Å². The largest absolute Gasteiger partial charge is 0.335 e. The molecule has 0 saturated heterocycles. The molecule has 1 aliphatic carbocycles. The van der Waals surface area contributed by atoms with Crippen LogP contribution in [-0.4, -0.2) is 37.4 Å². The molecule has 5 nitrogen and oxygen atoms in total. The molecule has 0 aliphatic heterocycles. The SMILES string of the molecule is CCn1c(Cc2ccccc2)nnc1SCC(=O)N(Cc1ccccc1)C(C)C1CC1. The van der Waals surface area contributed by atoms with Gasteiger partial charge in [-0.05, 0) is 43.7 Å². The summed E-state index contributed by atoms with van der Waals surface area (Å²) in [5.41, 5.74) is 2.39. The van der Waals surface area contributed by atoms with Crippen molar-refractivity contribution in [2.45, 2.75) is 57.4 Å². The maximum atomic E-state index is 13.2. The Morgan fingerprint density at radius 1 is 1.06 bits per heavy atom. The number of benzene rings is 2. The summed E-state index contributed by atoms with van der Waals surface area (Å²) in [6.45, 7) is 5.74. The van der Waals surface area contributed by atoms with Crippen LogP contribution in [0.1, 0.15) is 43.6 Å². The third-order valence-corrected chi connectivity index (χ3v) is 6.90. The van der Waals surface area contributed by atoms with E-state index < -0.39 is 0 Å². The first-order valence-electron chi connectivity index (χ1n) is 11.1. The molecule has 162 valence electrons. The Kier molecular flexibility index (Phi) is 7.07. The van der Waals surface area contributed by atoms with E-state index in [0.717, 1.165) is 23.9 Å². The number of carbonyl (C=O) groups excluding carboxylic acids is 1. The van der Waals surface area contributed by atoms with Gasteiger partial charge < -0.3 is 9.47 Å². The Morgan fingerprint density at radius 3 is 2.32 bits per heavy atom. The molecule has 4 rings (SSSR count). The molecule has 1 fully saturated rings. The van der Waals surface area contributed by atoms with Crippen molar-refractivity contribution in [3.8, 4) is 0 Å². The molecule has 0 spiro atoms. The average molecular weight is 435 g/mol. The molecule has 1 heterocycles. The smallest absolute Gasteiger partial charge is 0.233 e. The molecule has 1 aliphatic rings. The zero-order valence-corrected chi connectivity index (χ0v) is 19.1. The molecular formula is C25H30N4OS. The van der Waals surface area contributed by atoms with Crippen molar-refractivity contribution in [2.75, 3.05) is 5.75 Å². The van der Waals surface area contributed by atoms with Crippen LogP contribution >= 0.6 is 11.8 Å². The highest BCUT2D eigenvalue weighted by Crippen LogP contribution is 2.36. The second-order valence-electron chi connectivity index (χ2n) is 8.18. The van der Waals surface area contributed by atoms with Crippen molar-refractivity contribution >= 4 is 17.7 Å². The van der Waals surface area contributed by atoms with Crippen LogP contribution in [0.2, 0.25) is 0 Å².